The first-order chi connectivity index (χ1) is 5.14. The van der Waals surface area contributed by atoms with Gasteiger partial charge in [0.1, 0.15) is 0 Å². The van der Waals surface area contributed by atoms with E-state index in [9.17, 15) is 9.59 Å². The molecule has 0 bridgehead atoms. The van der Waals surface area contributed by atoms with Gasteiger partial charge in [0.15, 0.2) is 11.6 Å². The molecule has 0 spiro atoms. The maximum Gasteiger partial charge on any atom is 0.195 e. The molecule has 0 unspecified atom stereocenters. The summed E-state index contributed by atoms with van der Waals surface area (Å²) in [6.07, 6.45) is 5.08. The fourth-order valence-corrected chi connectivity index (χ4v) is 0.215. The Labute approximate surface area is 64.6 Å². The number of rotatable bonds is 1. The maximum atomic E-state index is 9.79. The van der Waals surface area contributed by atoms with Crippen LogP contribution in [-0.4, -0.2) is 21.5 Å². The molecule has 1 aromatic heterocycles. The van der Waals surface area contributed by atoms with E-state index < -0.39 is 0 Å². The van der Waals surface area contributed by atoms with Gasteiger partial charge in [0, 0.05) is 26.2 Å². The van der Waals surface area contributed by atoms with Crippen LogP contribution < -0.4 is 0 Å². The molecule has 0 aliphatic heterocycles. The number of ketones is 2. The average molecular weight is 154 g/mol. The van der Waals surface area contributed by atoms with Crippen LogP contribution in [0.4, 0.5) is 0 Å². The molecule has 0 atom stereocenters. The summed E-state index contributed by atoms with van der Waals surface area (Å²) < 4.78 is 0. The van der Waals surface area contributed by atoms with Crippen molar-refractivity contribution in [2.45, 2.75) is 13.8 Å². The third-order valence-corrected chi connectivity index (χ3v) is 0.902. The summed E-state index contributed by atoms with van der Waals surface area (Å²) in [5.74, 6) is -0.759. The second-order valence-corrected chi connectivity index (χ2v) is 1.87. The summed E-state index contributed by atoms with van der Waals surface area (Å²) in [7, 11) is 0. The summed E-state index contributed by atoms with van der Waals surface area (Å²) in [5.41, 5.74) is 0. The van der Waals surface area contributed by atoms with Gasteiger partial charge in [-0.05, 0) is 0 Å². The smallest absolute Gasteiger partial charge is 0.195 e. The molecule has 0 saturated carbocycles. The third kappa shape index (κ3) is 6.44. The standard InChI is InChI=1S/C4H6O2.C3H4N2/c1-3(5)4(2)6;1-2-5-3-4-1/h1-2H3;1-3H,(H,4,5). The van der Waals surface area contributed by atoms with Gasteiger partial charge in [-0.25, -0.2) is 4.98 Å². The number of Topliss-reactive ketones (excluding diaryl/α,β-unsaturated/α-hetero) is 2. The van der Waals surface area contributed by atoms with Crippen molar-refractivity contribution >= 4 is 11.6 Å². The van der Waals surface area contributed by atoms with E-state index in [1.54, 1.807) is 18.7 Å². The number of nitrogens with zero attached hydrogens (tertiary/aromatic N) is 1. The number of hydrogen-bond acceptors (Lipinski definition) is 3. The molecule has 0 aliphatic rings. The van der Waals surface area contributed by atoms with E-state index in [1.165, 1.54) is 13.8 Å². The molecule has 1 aromatic rings. The number of H-pyrrole nitrogens is 1. The topological polar surface area (TPSA) is 62.8 Å². The summed E-state index contributed by atoms with van der Waals surface area (Å²) in [4.78, 5) is 26.0. The lowest BCUT2D eigenvalue weighted by Gasteiger charge is -1.73. The van der Waals surface area contributed by atoms with Gasteiger partial charge in [-0.3, -0.25) is 9.59 Å². The minimum absolute atomic E-state index is 0.380. The molecule has 4 heteroatoms. The van der Waals surface area contributed by atoms with Gasteiger partial charge in [0.2, 0.25) is 0 Å². The van der Waals surface area contributed by atoms with E-state index in [-0.39, 0.29) is 11.6 Å². The van der Waals surface area contributed by atoms with Crippen LogP contribution in [0, 0.1) is 0 Å². The van der Waals surface area contributed by atoms with Crippen molar-refractivity contribution in [3.63, 3.8) is 0 Å². The molecular formula is C7H10N2O2. The summed E-state index contributed by atoms with van der Waals surface area (Å²) in [6.45, 7) is 2.50. The Balaban J connectivity index is 0.000000183. The summed E-state index contributed by atoms with van der Waals surface area (Å²) in [5, 5.41) is 0. The first kappa shape index (κ1) is 9.55. The summed E-state index contributed by atoms with van der Waals surface area (Å²) in [6, 6.07) is 0. The van der Waals surface area contributed by atoms with Crippen molar-refractivity contribution in [2.75, 3.05) is 0 Å². The number of aromatic amines is 1. The highest BCUT2D eigenvalue weighted by atomic mass is 16.2. The highest BCUT2D eigenvalue weighted by Gasteiger charge is 1.94. The van der Waals surface area contributed by atoms with E-state index in [1.807, 2.05) is 0 Å². The molecule has 4 nitrogen and oxygen atoms in total. The maximum absolute atomic E-state index is 9.79. The molecule has 1 rings (SSSR count). The van der Waals surface area contributed by atoms with Gasteiger partial charge < -0.3 is 4.98 Å². The predicted molar refractivity (Wildman–Crippen MR) is 39.9 cm³/mol. The molecule has 0 saturated heterocycles. The van der Waals surface area contributed by atoms with Gasteiger partial charge in [-0.15, -0.1) is 0 Å². The van der Waals surface area contributed by atoms with Crippen LogP contribution in [0.15, 0.2) is 18.7 Å². The number of carbonyl (C=O) groups is 2. The van der Waals surface area contributed by atoms with Gasteiger partial charge in [0.25, 0.3) is 0 Å². The van der Waals surface area contributed by atoms with Crippen molar-refractivity contribution in [1.82, 2.24) is 9.97 Å². The SMILES string of the molecule is CC(=O)C(C)=O.c1c[nH]cn1. The van der Waals surface area contributed by atoms with E-state index in [0.717, 1.165) is 0 Å². The quantitative estimate of drug-likeness (QED) is 0.601. The molecule has 1 N–H and O–H groups in total. The van der Waals surface area contributed by atoms with Gasteiger partial charge in [-0.2, -0.15) is 0 Å². The Hall–Kier alpha value is -1.45. The normalized spacial score (nSPS) is 7.82. The van der Waals surface area contributed by atoms with Gasteiger partial charge >= 0.3 is 0 Å². The Morgan fingerprint density at radius 1 is 1.27 bits per heavy atom. The predicted octanol–water partition coefficient (Wildman–Crippen LogP) is 0.574. The van der Waals surface area contributed by atoms with Crippen LogP contribution in [0.1, 0.15) is 13.8 Å². The lowest BCUT2D eigenvalue weighted by molar-refractivity contribution is -0.134. The molecule has 0 amide bonds. The van der Waals surface area contributed by atoms with Gasteiger partial charge in [0.05, 0.1) is 6.33 Å². The minimum Gasteiger partial charge on any atom is -0.351 e. The second kappa shape index (κ2) is 5.34. The molecule has 0 aliphatic carbocycles. The zero-order valence-corrected chi connectivity index (χ0v) is 6.50. The van der Waals surface area contributed by atoms with E-state index in [2.05, 4.69) is 9.97 Å². The van der Waals surface area contributed by atoms with Crippen molar-refractivity contribution in [1.29, 1.82) is 0 Å². The number of imidazole rings is 1. The molecule has 0 radical (unpaired) electrons. The van der Waals surface area contributed by atoms with Crippen molar-refractivity contribution in [2.24, 2.45) is 0 Å². The fourth-order valence-electron chi connectivity index (χ4n) is 0.215. The Morgan fingerprint density at radius 3 is 1.91 bits per heavy atom. The molecule has 60 valence electrons. The Bertz CT molecular complexity index is 187. The number of hydrogen-bond donors (Lipinski definition) is 1. The zero-order chi connectivity index (χ0) is 8.69. The van der Waals surface area contributed by atoms with E-state index in [0.29, 0.717) is 0 Å². The van der Waals surface area contributed by atoms with Crippen LogP contribution in [0.2, 0.25) is 0 Å². The first-order valence-electron chi connectivity index (χ1n) is 3.09. The molecule has 0 aromatic carbocycles. The van der Waals surface area contributed by atoms with Crippen LogP contribution in [0.3, 0.4) is 0 Å². The second-order valence-electron chi connectivity index (χ2n) is 1.87. The minimum atomic E-state index is -0.380. The number of aromatic nitrogens is 2. The summed E-state index contributed by atoms with van der Waals surface area (Å²) >= 11 is 0. The van der Waals surface area contributed by atoms with Crippen LogP contribution >= 0.6 is 0 Å². The number of nitrogens with one attached hydrogen (secondary N) is 1. The van der Waals surface area contributed by atoms with Crippen molar-refractivity contribution < 1.29 is 9.59 Å². The van der Waals surface area contributed by atoms with E-state index >= 15 is 0 Å². The van der Waals surface area contributed by atoms with Crippen molar-refractivity contribution in [3.8, 4) is 0 Å². The Kier molecular flexibility index (Phi) is 4.64. The lowest BCUT2D eigenvalue weighted by atomic mass is 10.3. The lowest BCUT2D eigenvalue weighted by Crippen LogP contribution is -2.01. The molecule has 11 heavy (non-hydrogen) atoms. The monoisotopic (exact) mass is 154 g/mol. The van der Waals surface area contributed by atoms with E-state index in [4.69, 9.17) is 0 Å². The largest absolute Gasteiger partial charge is 0.351 e. The molecule has 0 fully saturated rings. The van der Waals surface area contributed by atoms with Gasteiger partial charge in [-0.1, -0.05) is 0 Å². The van der Waals surface area contributed by atoms with Crippen LogP contribution in [0.25, 0.3) is 0 Å². The molecular weight excluding hydrogens is 144 g/mol. The highest BCUT2D eigenvalue weighted by molar-refractivity contribution is 6.35. The molecule has 1 heterocycles. The van der Waals surface area contributed by atoms with Crippen molar-refractivity contribution in [3.05, 3.63) is 18.7 Å². The zero-order valence-electron chi connectivity index (χ0n) is 6.50. The van der Waals surface area contributed by atoms with Crippen LogP contribution in [0.5, 0.6) is 0 Å². The third-order valence-electron chi connectivity index (χ3n) is 0.902. The highest BCUT2D eigenvalue weighted by Crippen LogP contribution is 1.66. The number of carbonyl (C=O) groups excluding carboxylic acids is 2. The van der Waals surface area contributed by atoms with Crippen LogP contribution in [-0.2, 0) is 9.59 Å². The first-order valence-corrected chi connectivity index (χ1v) is 3.09. The Morgan fingerprint density at radius 2 is 1.82 bits per heavy atom. The fraction of sp³-hybridized carbons (Fsp3) is 0.286. The average Bonchev–Trinajstić information content (AvgIpc) is 2.41.